The molecule has 7 nitrogen and oxygen atoms in total. The second-order valence-corrected chi connectivity index (χ2v) is 9.53. The van der Waals surface area contributed by atoms with Crippen molar-refractivity contribution in [1.82, 2.24) is 0 Å². The minimum absolute atomic E-state index is 0.0675. The number of sulfonamides is 1. The number of ether oxygens (including phenoxy) is 1. The van der Waals surface area contributed by atoms with Crippen molar-refractivity contribution in [3.63, 3.8) is 0 Å². The number of rotatable bonds is 7. The van der Waals surface area contributed by atoms with Gasteiger partial charge in [0.25, 0.3) is 15.9 Å². The molecule has 0 radical (unpaired) electrons. The fourth-order valence-electron chi connectivity index (χ4n) is 2.87. The lowest BCUT2D eigenvalue weighted by Crippen LogP contribution is -2.28. The molecule has 1 amide bonds. The van der Waals surface area contributed by atoms with Gasteiger partial charge in [-0.05, 0) is 67.3 Å². The molecule has 1 N–H and O–H groups in total. The van der Waals surface area contributed by atoms with Gasteiger partial charge < -0.3 is 10.1 Å². The minimum atomic E-state index is -3.94. The van der Waals surface area contributed by atoms with Crippen molar-refractivity contribution in [2.24, 2.45) is 0 Å². The van der Waals surface area contributed by atoms with E-state index in [0.29, 0.717) is 16.9 Å². The van der Waals surface area contributed by atoms with Crippen LogP contribution in [-0.4, -0.2) is 33.9 Å². The number of aryl methyl sites for hydroxylation is 1. The summed E-state index contributed by atoms with van der Waals surface area (Å²) in [5.74, 6) is -0.999. The Balaban J connectivity index is 1.82. The minimum Gasteiger partial charge on any atom is -0.462 e. The molecule has 3 rings (SSSR count). The molecule has 9 heteroatoms. The summed E-state index contributed by atoms with van der Waals surface area (Å²) in [7, 11) is -2.48. The first-order valence-electron chi connectivity index (χ1n) is 9.45. The largest absolute Gasteiger partial charge is 0.462 e. The molecule has 0 bridgehead atoms. The molecule has 31 heavy (non-hydrogen) atoms. The van der Waals surface area contributed by atoms with E-state index in [1.807, 2.05) is 13.0 Å². The van der Waals surface area contributed by atoms with Gasteiger partial charge in [-0.25, -0.2) is 13.2 Å². The predicted octanol–water partition coefficient (Wildman–Crippen LogP) is 4.31. The number of esters is 1. The number of amides is 1. The first-order valence-corrected chi connectivity index (χ1v) is 11.8. The maximum absolute atomic E-state index is 13.2. The van der Waals surface area contributed by atoms with Crippen molar-refractivity contribution in [3.05, 3.63) is 76.0 Å². The number of hydrogen-bond acceptors (Lipinski definition) is 6. The maximum atomic E-state index is 13.2. The fraction of sp³-hybridized carbons (Fsp3) is 0.182. The standard InChI is InChI=1S/C22H22N2O5S2/c1-4-29-22(26)16-8-10-17(11-9-16)23-21(25)20-19(12-13-30-20)31(27,28)24(3)18-7-5-6-15(2)14-18/h5-14H,4H2,1-3H3,(H,23,25). The maximum Gasteiger partial charge on any atom is 0.338 e. The molecular formula is C22H22N2O5S2. The van der Waals surface area contributed by atoms with Crippen molar-refractivity contribution < 1.29 is 22.7 Å². The number of carbonyl (C=O) groups excluding carboxylic acids is 2. The Labute approximate surface area is 185 Å². The number of hydrogen-bond donors (Lipinski definition) is 1. The van der Waals surface area contributed by atoms with E-state index in [4.69, 9.17) is 4.74 Å². The molecule has 0 fully saturated rings. The van der Waals surface area contributed by atoms with E-state index in [1.165, 1.54) is 25.2 Å². The smallest absolute Gasteiger partial charge is 0.338 e. The van der Waals surface area contributed by atoms with Crippen molar-refractivity contribution in [2.45, 2.75) is 18.7 Å². The summed E-state index contributed by atoms with van der Waals surface area (Å²) in [4.78, 5) is 24.6. The summed E-state index contributed by atoms with van der Waals surface area (Å²) in [6.45, 7) is 3.86. The van der Waals surface area contributed by atoms with Gasteiger partial charge in [0.05, 0.1) is 17.9 Å². The van der Waals surface area contributed by atoms with E-state index in [9.17, 15) is 18.0 Å². The molecule has 0 aliphatic rings. The molecular weight excluding hydrogens is 436 g/mol. The van der Waals surface area contributed by atoms with Gasteiger partial charge in [0, 0.05) is 12.7 Å². The Kier molecular flexibility index (Phi) is 6.77. The van der Waals surface area contributed by atoms with Gasteiger partial charge >= 0.3 is 5.97 Å². The van der Waals surface area contributed by atoms with Gasteiger partial charge in [-0.15, -0.1) is 11.3 Å². The number of nitrogens with one attached hydrogen (secondary N) is 1. The second kappa shape index (κ2) is 9.32. The molecule has 0 unspecified atom stereocenters. The van der Waals surface area contributed by atoms with Crippen LogP contribution in [0.25, 0.3) is 0 Å². The summed E-state index contributed by atoms with van der Waals surface area (Å²) >= 11 is 1.04. The molecule has 0 aliphatic heterocycles. The van der Waals surface area contributed by atoms with E-state index in [1.54, 1.807) is 42.6 Å². The molecule has 162 valence electrons. The predicted molar refractivity (Wildman–Crippen MR) is 121 cm³/mol. The van der Waals surface area contributed by atoms with Crippen LogP contribution in [0.4, 0.5) is 11.4 Å². The van der Waals surface area contributed by atoms with Gasteiger partial charge in [-0.2, -0.15) is 0 Å². The summed E-state index contributed by atoms with van der Waals surface area (Å²) in [5, 5.41) is 4.24. The number of nitrogens with zero attached hydrogens (tertiary/aromatic N) is 1. The molecule has 0 saturated heterocycles. The van der Waals surface area contributed by atoms with Gasteiger partial charge in [-0.3, -0.25) is 9.10 Å². The zero-order valence-corrected chi connectivity index (χ0v) is 18.9. The molecule has 1 heterocycles. The Bertz CT molecular complexity index is 1200. The van der Waals surface area contributed by atoms with E-state index in [-0.39, 0.29) is 16.4 Å². The Morgan fingerprint density at radius 3 is 2.45 bits per heavy atom. The number of thiophene rings is 1. The monoisotopic (exact) mass is 458 g/mol. The lowest BCUT2D eigenvalue weighted by atomic mass is 10.2. The molecule has 3 aromatic rings. The first kappa shape index (κ1) is 22.5. The zero-order chi connectivity index (χ0) is 22.6. The van der Waals surface area contributed by atoms with E-state index in [0.717, 1.165) is 21.2 Å². The van der Waals surface area contributed by atoms with Crippen LogP contribution in [0.3, 0.4) is 0 Å². The number of carbonyl (C=O) groups is 2. The lowest BCUT2D eigenvalue weighted by molar-refractivity contribution is 0.0526. The Morgan fingerprint density at radius 1 is 1.10 bits per heavy atom. The van der Waals surface area contributed by atoms with Crippen LogP contribution in [0, 0.1) is 6.92 Å². The van der Waals surface area contributed by atoms with E-state index < -0.39 is 21.9 Å². The molecule has 0 saturated carbocycles. The van der Waals surface area contributed by atoms with E-state index in [2.05, 4.69) is 5.32 Å². The van der Waals surface area contributed by atoms with Gasteiger partial charge in [0.15, 0.2) is 0 Å². The van der Waals surface area contributed by atoms with Crippen LogP contribution >= 0.6 is 11.3 Å². The summed E-state index contributed by atoms with van der Waals surface area (Å²) in [5.41, 5.74) is 2.22. The highest BCUT2D eigenvalue weighted by molar-refractivity contribution is 7.93. The molecule has 0 atom stereocenters. The van der Waals surface area contributed by atoms with Crippen LogP contribution < -0.4 is 9.62 Å². The third kappa shape index (κ3) is 4.95. The highest BCUT2D eigenvalue weighted by Gasteiger charge is 2.28. The van der Waals surface area contributed by atoms with Crippen molar-refractivity contribution in [2.75, 3.05) is 23.3 Å². The van der Waals surface area contributed by atoms with Crippen LogP contribution in [-0.2, 0) is 14.8 Å². The third-order valence-corrected chi connectivity index (χ3v) is 7.36. The average Bonchev–Trinajstić information content (AvgIpc) is 3.25. The quantitative estimate of drug-likeness (QED) is 0.533. The van der Waals surface area contributed by atoms with Crippen LogP contribution in [0.15, 0.2) is 64.9 Å². The SMILES string of the molecule is CCOC(=O)c1ccc(NC(=O)c2sccc2S(=O)(=O)N(C)c2cccc(C)c2)cc1. The molecule has 0 aliphatic carbocycles. The van der Waals surface area contributed by atoms with E-state index >= 15 is 0 Å². The topological polar surface area (TPSA) is 92.8 Å². The Hall–Kier alpha value is -3.17. The summed E-state index contributed by atoms with van der Waals surface area (Å²) < 4.78 is 32.4. The van der Waals surface area contributed by atoms with Crippen molar-refractivity contribution in [1.29, 1.82) is 0 Å². The third-order valence-electron chi connectivity index (χ3n) is 4.49. The Morgan fingerprint density at radius 2 is 1.81 bits per heavy atom. The normalized spacial score (nSPS) is 11.1. The fourth-order valence-corrected chi connectivity index (χ4v) is 5.35. The van der Waals surface area contributed by atoms with Crippen LogP contribution in [0.5, 0.6) is 0 Å². The van der Waals surface area contributed by atoms with Gasteiger partial charge in [-0.1, -0.05) is 12.1 Å². The average molecular weight is 459 g/mol. The lowest BCUT2D eigenvalue weighted by Gasteiger charge is -2.20. The van der Waals surface area contributed by atoms with Crippen LogP contribution in [0.2, 0.25) is 0 Å². The van der Waals surface area contributed by atoms with Gasteiger partial charge in [0.1, 0.15) is 9.77 Å². The number of benzene rings is 2. The summed E-state index contributed by atoms with van der Waals surface area (Å²) in [6, 6.07) is 14.7. The first-order chi connectivity index (χ1) is 14.7. The number of anilines is 2. The highest BCUT2D eigenvalue weighted by atomic mass is 32.2. The van der Waals surface area contributed by atoms with Crippen molar-refractivity contribution in [3.8, 4) is 0 Å². The zero-order valence-electron chi connectivity index (χ0n) is 17.3. The van der Waals surface area contributed by atoms with Crippen LogP contribution in [0.1, 0.15) is 32.5 Å². The molecule has 1 aromatic heterocycles. The molecule has 2 aromatic carbocycles. The molecule has 0 spiro atoms. The second-order valence-electron chi connectivity index (χ2n) is 6.68. The van der Waals surface area contributed by atoms with Crippen molar-refractivity contribution >= 4 is 44.6 Å². The highest BCUT2D eigenvalue weighted by Crippen LogP contribution is 2.29. The summed E-state index contributed by atoms with van der Waals surface area (Å²) in [6.07, 6.45) is 0. The van der Waals surface area contributed by atoms with Gasteiger partial charge in [0.2, 0.25) is 0 Å².